The lowest BCUT2D eigenvalue weighted by atomic mass is 10.5. The summed E-state index contributed by atoms with van der Waals surface area (Å²) in [7, 11) is 3.09. The summed E-state index contributed by atoms with van der Waals surface area (Å²) < 4.78 is 14.2. The average molecular weight is 287 g/mol. The highest BCUT2D eigenvalue weighted by atomic mass is 28.4. The summed E-state index contributed by atoms with van der Waals surface area (Å²) in [4.78, 5) is 27.6. The van der Waals surface area contributed by atoms with E-state index in [0.717, 1.165) is 6.54 Å². The quantitative estimate of drug-likeness (QED) is 0.491. The molecule has 0 saturated heterocycles. The lowest BCUT2D eigenvalue weighted by Gasteiger charge is -2.11. The summed E-state index contributed by atoms with van der Waals surface area (Å²) in [6.45, 7) is 0.774. The maximum atomic E-state index is 8.56. The van der Waals surface area contributed by atoms with Crippen LogP contribution in [0.15, 0.2) is 0 Å². The Morgan fingerprint density at radius 2 is 1.41 bits per heavy atom. The summed E-state index contributed by atoms with van der Waals surface area (Å²) in [5.74, 6) is 0. The van der Waals surface area contributed by atoms with Gasteiger partial charge in [0.25, 0.3) is 0 Å². The molecule has 0 aromatic heterocycles. The topological polar surface area (TPSA) is 91.6 Å². The summed E-state index contributed by atoms with van der Waals surface area (Å²) >= 11 is 0. The molecule has 3 N–H and O–H groups in total. The molecule has 0 aromatic carbocycles. The molecule has 0 heterocycles. The zero-order valence-electron chi connectivity index (χ0n) is 11.2. The van der Waals surface area contributed by atoms with Gasteiger partial charge in [-0.05, 0) is 27.1 Å². The second-order valence-corrected chi connectivity index (χ2v) is 7.72. The number of nitrogens with zero attached hydrogens (tertiary/aromatic N) is 1. The molecular formula is C8H25NO6Si2. The van der Waals surface area contributed by atoms with E-state index in [9.17, 15) is 0 Å². The molecule has 9 heteroatoms. The van der Waals surface area contributed by atoms with Gasteiger partial charge in [-0.2, -0.15) is 0 Å². The van der Waals surface area contributed by atoms with Crippen LogP contribution < -0.4 is 0 Å². The molecule has 0 radical (unpaired) electrons. The summed E-state index contributed by atoms with van der Waals surface area (Å²) in [6, 6.07) is 0.130. The fourth-order valence-electron chi connectivity index (χ4n) is 0.921. The molecule has 0 saturated carbocycles. The highest BCUT2D eigenvalue weighted by Gasteiger charge is 2.25. The highest BCUT2D eigenvalue weighted by Crippen LogP contribution is 2.00. The van der Waals surface area contributed by atoms with Crippen molar-refractivity contribution in [1.29, 1.82) is 0 Å². The molecule has 0 atom stereocenters. The van der Waals surface area contributed by atoms with E-state index in [-0.39, 0.29) is 6.04 Å². The van der Waals surface area contributed by atoms with E-state index in [2.05, 4.69) is 0 Å². The van der Waals surface area contributed by atoms with Crippen LogP contribution >= 0.6 is 0 Å². The van der Waals surface area contributed by atoms with Crippen molar-refractivity contribution in [2.75, 3.05) is 42.0 Å². The fraction of sp³-hybridized carbons (Fsp3) is 1.00. The van der Waals surface area contributed by atoms with Crippen molar-refractivity contribution in [3.8, 4) is 0 Å². The van der Waals surface area contributed by atoms with Crippen LogP contribution in [0, 0.1) is 0 Å². The first kappa shape index (κ1) is 19.5. The van der Waals surface area contributed by atoms with E-state index >= 15 is 0 Å². The molecule has 0 aliphatic heterocycles. The highest BCUT2D eigenvalue weighted by molar-refractivity contribution is 6.56. The molecule has 0 fully saturated rings. The van der Waals surface area contributed by atoms with Crippen LogP contribution in [0.1, 0.15) is 6.42 Å². The lowest BCUT2D eigenvalue weighted by molar-refractivity contribution is 0.163. The van der Waals surface area contributed by atoms with Crippen molar-refractivity contribution in [2.24, 2.45) is 0 Å². The van der Waals surface area contributed by atoms with Crippen molar-refractivity contribution in [3.63, 3.8) is 0 Å². The summed E-state index contributed by atoms with van der Waals surface area (Å²) in [6.07, 6.45) is 0.628. The molecule has 0 aliphatic carbocycles. The van der Waals surface area contributed by atoms with Crippen molar-refractivity contribution < 1.29 is 27.7 Å². The van der Waals surface area contributed by atoms with Gasteiger partial charge >= 0.3 is 18.3 Å². The van der Waals surface area contributed by atoms with Crippen LogP contribution in [0.2, 0.25) is 6.04 Å². The second kappa shape index (κ2) is 11.3. The smallest absolute Gasteiger partial charge is 0.390 e. The largest absolute Gasteiger partial charge is 0.492 e. The van der Waals surface area contributed by atoms with Gasteiger partial charge in [0.2, 0.25) is 0 Å². The number of hydrogen-bond donors (Lipinski definition) is 3. The fourth-order valence-corrected chi connectivity index (χ4v) is 2.13. The maximum absolute atomic E-state index is 8.56. The van der Waals surface area contributed by atoms with Crippen molar-refractivity contribution >= 4 is 18.3 Å². The Kier molecular flexibility index (Phi) is 12.9. The van der Waals surface area contributed by atoms with Gasteiger partial charge in [0, 0.05) is 27.4 Å². The average Bonchev–Trinajstić information content (AvgIpc) is 2.18. The first-order chi connectivity index (χ1) is 7.76. The zero-order chi connectivity index (χ0) is 13.9. The van der Waals surface area contributed by atoms with Crippen molar-refractivity contribution in [2.45, 2.75) is 12.5 Å². The molecule has 0 amide bonds. The SMILES string of the molecule is CN(C)CCC[Si](O)(O)O.CO[SiH](OC)OC. The Balaban J connectivity index is 0. The van der Waals surface area contributed by atoms with Crippen LogP contribution in [-0.4, -0.2) is 79.6 Å². The predicted molar refractivity (Wildman–Crippen MR) is 68.6 cm³/mol. The summed E-state index contributed by atoms with van der Waals surface area (Å²) in [5, 5.41) is 0. The maximum Gasteiger partial charge on any atom is 0.492 e. The molecule has 0 rings (SSSR count). The third kappa shape index (κ3) is 18.7. The number of rotatable bonds is 7. The second-order valence-electron chi connectivity index (χ2n) is 3.68. The minimum absolute atomic E-state index is 0.130. The molecule has 0 spiro atoms. The van der Waals surface area contributed by atoms with Crippen LogP contribution in [0.3, 0.4) is 0 Å². The van der Waals surface area contributed by atoms with Gasteiger partial charge < -0.3 is 32.6 Å². The Morgan fingerprint density at radius 1 is 1.00 bits per heavy atom. The van der Waals surface area contributed by atoms with E-state index in [1.165, 1.54) is 0 Å². The van der Waals surface area contributed by atoms with E-state index < -0.39 is 18.3 Å². The Hall–Kier alpha value is 0.154. The molecular weight excluding hydrogens is 262 g/mol. The molecule has 17 heavy (non-hydrogen) atoms. The predicted octanol–water partition coefficient (Wildman–Crippen LogP) is -1.50. The van der Waals surface area contributed by atoms with Gasteiger partial charge in [0.1, 0.15) is 0 Å². The van der Waals surface area contributed by atoms with Gasteiger partial charge in [-0.25, -0.2) is 0 Å². The van der Waals surface area contributed by atoms with Gasteiger partial charge in [-0.1, -0.05) is 0 Å². The molecule has 106 valence electrons. The Morgan fingerprint density at radius 3 is 1.59 bits per heavy atom. The van der Waals surface area contributed by atoms with E-state index in [1.54, 1.807) is 21.3 Å². The lowest BCUT2D eigenvalue weighted by Crippen LogP contribution is -2.35. The molecule has 7 nitrogen and oxygen atoms in total. The van der Waals surface area contributed by atoms with Crippen LogP contribution in [0.4, 0.5) is 0 Å². The van der Waals surface area contributed by atoms with Gasteiger partial charge in [0.15, 0.2) is 0 Å². The third-order valence-corrected chi connectivity index (χ3v) is 3.87. The minimum atomic E-state index is -3.75. The Labute approximate surface area is 106 Å². The minimum Gasteiger partial charge on any atom is -0.390 e. The van der Waals surface area contributed by atoms with Gasteiger partial charge in [0.05, 0.1) is 0 Å². The standard InChI is InChI=1S/C5H15NO3Si.C3H10O3Si/c1-6(2)4-3-5-10(7,8)9;1-4-7(5-2)6-3/h7-9H,3-5H2,1-2H3;7H,1-3H3. The van der Waals surface area contributed by atoms with Crippen LogP contribution in [0.5, 0.6) is 0 Å². The molecule has 0 aliphatic rings. The Bertz CT molecular complexity index is 157. The summed E-state index contributed by atoms with van der Waals surface area (Å²) in [5.41, 5.74) is 0. The van der Waals surface area contributed by atoms with Crippen LogP contribution in [-0.2, 0) is 13.3 Å². The zero-order valence-corrected chi connectivity index (χ0v) is 13.4. The first-order valence-corrected chi connectivity index (χ1v) is 8.63. The van der Waals surface area contributed by atoms with Gasteiger partial charge in [-0.15, -0.1) is 0 Å². The van der Waals surface area contributed by atoms with E-state index in [0.29, 0.717) is 6.42 Å². The molecule has 0 bridgehead atoms. The molecule has 0 unspecified atom stereocenters. The van der Waals surface area contributed by atoms with Crippen molar-refractivity contribution in [3.05, 3.63) is 0 Å². The monoisotopic (exact) mass is 287 g/mol. The van der Waals surface area contributed by atoms with Gasteiger partial charge in [-0.3, -0.25) is 0 Å². The number of hydrogen-bond acceptors (Lipinski definition) is 7. The normalized spacial score (nSPS) is 11.6. The first-order valence-electron chi connectivity index (χ1n) is 5.17. The molecule has 0 aromatic rings. The van der Waals surface area contributed by atoms with E-state index in [1.807, 2.05) is 19.0 Å². The van der Waals surface area contributed by atoms with Crippen LogP contribution in [0.25, 0.3) is 0 Å². The third-order valence-electron chi connectivity index (χ3n) is 1.69. The van der Waals surface area contributed by atoms with E-state index in [4.69, 9.17) is 27.7 Å². The van der Waals surface area contributed by atoms with Crippen molar-refractivity contribution in [1.82, 2.24) is 4.90 Å².